The van der Waals surface area contributed by atoms with E-state index in [2.05, 4.69) is 0 Å². The first-order chi connectivity index (χ1) is 9.41. The third kappa shape index (κ3) is 4.60. The first-order valence-corrected chi connectivity index (χ1v) is 5.84. The predicted octanol–water partition coefficient (Wildman–Crippen LogP) is 1.09. The minimum absolute atomic E-state index is 0.0273. The SMILES string of the molecule is C[C@@H](C(=O)O)[C@H](NC(=O)OCc1ccccc1)C(=O)O. The Morgan fingerprint density at radius 3 is 2.25 bits per heavy atom. The van der Waals surface area contributed by atoms with Gasteiger partial charge in [-0.15, -0.1) is 0 Å². The minimum atomic E-state index is -1.55. The Hall–Kier alpha value is -2.57. The van der Waals surface area contributed by atoms with Gasteiger partial charge >= 0.3 is 18.0 Å². The van der Waals surface area contributed by atoms with E-state index < -0.39 is 30.0 Å². The molecule has 0 radical (unpaired) electrons. The van der Waals surface area contributed by atoms with Crippen LogP contribution in [0.4, 0.5) is 4.79 Å². The van der Waals surface area contributed by atoms with Gasteiger partial charge in [0, 0.05) is 0 Å². The molecule has 0 aliphatic carbocycles. The molecule has 0 heterocycles. The van der Waals surface area contributed by atoms with Crippen molar-refractivity contribution >= 4 is 18.0 Å². The number of hydrogen-bond acceptors (Lipinski definition) is 4. The summed E-state index contributed by atoms with van der Waals surface area (Å²) in [5.41, 5.74) is 0.737. The largest absolute Gasteiger partial charge is 0.481 e. The van der Waals surface area contributed by atoms with Crippen molar-refractivity contribution < 1.29 is 29.3 Å². The van der Waals surface area contributed by atoms with Gasteiger partial charge in [-0.05, 0) is 12.5 Å². The summed E-state index contributed by atoms with van der Waals surface area (Å²) in [5, 5.41) is 19.7. The number of hydrogen-bond donors (Lipinski definition) is 3. The van der Waals surface area contributed by atoms with Crippen LogP contribution in [0.2, 0.25) is 0 Å². The van der Waals surface area contributed by atoms with Crippen LogP contribution in [0.3, 0.4) is 0 Å². The monoisotopic (exact) mass is 281 g/mol. The molecule has 0 saturated heterocycles. The van der Waals surface area contributed by atoms with Crippen molar-refractivity contribution in [1.29, 1.82) is 0 Å². The van der Waals surface area contributed by atoms with E-state index in [4.69, 9.17) is 14.9 Å². The van der Waals surface area contributed by atoms with Gasteiger partial charge in [0.15, 0.2) is 0 Å². The Kier molecular flexibility index (Phi) is 5.52. The molecule has 1 rings (SSSR count). The molecule has 0 aliphatic rings. The maximum absolute atomic E-state index is 11.5. The molecular weight excluding hydrogens is 266 g/mol. The normalized spacial score (nSPS) is 13.1. The number of carbonyl (C=O) groups excluding carboxylic acids is 1. The lowest BCUT2D eigenvalue weighted by Crippen LogP contribution is -2.47. The number of alkyl carbamates (subject to hydrolysis) is 1. The Morgan fingerprint density at radius 1 is 1.15 bits per heavy atom. The number of carboxylic acids is 2. The topological polar surface area (TPSA) is 113 Å². The first kappa shape index (κ1) is 15.5. The summed E-state index contributed by atoms with van der Waals surface area (Å²) in [4.78, 5) is 33.1. The van der Waals surface area contributed by atoms with Gasteiger partial charge in [-0.2, -0.15) is 0 Å². The van der Waals surface area contributed by atoms with Gasteiger partial charge in [-0.25, -0.2) is 9.59 Å². The lowest BCUT2D eigenvalue weighted by molar-refractivity contribution is -0.150. The molecule has 0 saturated carbocycles. The van der Waals surface area contributed by atoms with Crippen LogP contribution in [0.5, 0.6) is 0 Å². The van der Waals surface area contributed by atoms with Gasteiger partial charge in [-0.3, -0.25) is 4.79 Å². The molecule has 7 heteroatoms. The summed E-state index contributed by atoms with van der Waals surface area (Å²) < 4.78 is 4.83. The zero-order chi connectivity index (χ0) is 15.1. The quantitative estimate of drug-likeness (QED) is 0.719. The van der Waals surface area contributed by atoms with Crippen LogP contribution >= 0.6 is 0 Å². The zero-order valence-corrected chi connectivity index (χ0v) is 10.8. The Balaban J connectivity index is 2.54. The smallest absolute Gasteiger partial charge is 0.408 e. The lowest BCUT2D eigenvalue weighted by Gasteiger charge is -2.17. The third-order valence-electron chi connectivity index (χ3n) is 2.64. The van der Waals surface area contributed by atoms with E-state index in [1.807, 2.05) is 5.32 Å². The highest BCUT2D eigenvalue weighted by Gasteiger charge is 2.31. The number of carbonyl (C=O) groups is 3. The van der Waals surface area contributed by atoms with Gasteiger partial charge in [0.25, 0.3) is 0 Å². The highest BCUT2D eigenvalue weighted by Crippen LogP contribution is 2.05. The van der Waals surface area contributed by atoms with E-state index in [0.717, 1.165) is 5.56 Å². The summed E-state index contributed by atoms with van der Waals surface area (Å²) in [6.07, 6.45) is -0.977. The molecule has 108 valence electrons. The van der Waals surface area contributed by atoms with Crippen LogP contribution in [0.15, 0.2) is 30.3 Å². The van der Waals surface area contributed by atoms with Crippen LogP contribution in [-0.4, -0.2) is 34.3 Å². The van der Waals surface area contributed by atoms with Crippen molar-refractivity contribution in [3.63, 3.8) is 0 Å². The second kappa shape index (κ2) is 7.13. The molecule has 0 aliphatic heterocycles. The fourth-order valence-corrected chi connectivity index (χ4v) is 1.43. The van der Waals surface area contributed by atoms with Crippen molar-refractivity contribution in [3.8, 4) is 0 Å². The number of amides is 1. The van der Waals surface area contributed by atoms with Crippen molar-refractivity contribution in [2.75, 3.05) is 0 Å². The summed E-state index contributed by atoms with van der Waals surface area (Å²) in [6.45, 7) is 1.17. The molecule has 2 atom stereocenters. The molecule has 0 spiro atoms. The summed E-state index contributed by atoms with van der Waals surface area (Å²) in [7, 11) is 0. The summed E-state index contributed by atoms with van der Waals surface area (Å²) in [6, 6.07) is 7.27. The second-order valence-electron chi connectivity index (χ2n) is 4.15. The lowest BCUT2D eigenvalue weighted by atomic mass is 10.0. The second-order valence-corrected chi connectivity index (χ2v) is 4.15. The van der Waals surface area contributed by atoms with Gasteiger partial charge in [0.05, 0.1) is 5.92 Å². The van der Waals surface area contributed by atoms with E-state index in [-0.39, 0.29) is 6.61 Å². The molecule has 20 heavy (non-hydrogen) atoms. The van der Waals surface area contributed by atoms with E-state index in [0.29, 0.717) is 0 Å². The van der Waals surface area contributed by atoms with Gasteiger partial charge in [-0.1, -0.05) is 30.3 Å². The number of carboxylic acid groups (broad SMARTS) is 2. The average Bonchev–Trinajstić information content (AvgIpc) is 2.42. The fourth-order valence-electron chi connectivity index (χ4n) is 1.43. The highest BCUT2D eigenvalue weighted by atomic mass is 16.5. The summed E-state index contributed by atoms with van der Waals surface area (Å²) in [5.74, 6) is -4.02. The van der Waals surface area contributed by atoms with E-state index in [1.165, 1.54) is 6.92 Å². The molecule has 0 bridgehead atoms. The van der Waals surface area contributed by atoms with Gasteiger partial charge in [0.2, 0.25) is 0 Å². The molecular formula is C13H15NO6. The maximum Gasteiger partial charge on any atom is 0.408 e. The average molecular weight is 281 g/mol. The zero-order valence-electron chi connectivity index (χ0n) is 10.8. The number of aliphatic carboxylic acids is 2. The Bertz CT molecular complexity index is 487. The number of benzene rings is 1. The molecule has 1 aromatic carbocycles. The molecule has 1 aromatic rings. The van der Waals surface area contributed by atoms with E-state index in [9.17, 15) is 14.4 Å². The van der Waals surface area contributed by atoms with E-state index in [1.54, 1.807) is 30.3 Å². The standard InChI is InChI=1S/C13H15NO6/c1-8(11(15)16)10(12(17)18)14-13(19)20-7-9-5-3-2-4-6-9/h2-6,8,10H,7H2,1H3,(H,14,19)(H,15,16)(H,17,18)/t8-,10+/m1/s1. The van der Waals surface area contributed by atoms with Gasteiger partial charge in [0.1, 0.15) is 12.6 Å². The number of rotatable bonds is 6. The number of nitrogens with one attached hydrogen (secondary N) is 1. The van der Waals surface area contributed by atoms with Crippen LogP contribution < -0.4 is 5.32 Å². The molecule has 0 unspecified atom stereocenters. The number of ether oxygens (including phenoxy) is 1. The van der Waals surface area contributed by atoms with E-state index >= 15 is 0 Å². The van der Waals surface area contributed by atoms with Crippen LogP contribution in [0.1, 0.15) is 12.5 Å². The first-order valence-electron chi connectivity index (χ1n) is 5.84. The molecule has 1 amide bonds. The minimum Gasteiger partial charge on any atom is -0.481 e. The van der Waals surface area contributed by atoms with Crippen LogP contribution in [-0.2, 0) is 20.9 Å². The molecule has 3 N–H and O–H groups in total. The summed E-state index contributed by atoms with van der Waals surface area (Å²) >= 11 is 0. The van der Waals surface area contributed by atoms with Crippen LogP contribution in [0.25, 0.3) is 0 Å². The highest BCUT2D eigenvalue weighted by molar-refractivity contribution is 5.85. The van der Waals surface area contributed by atoms with Crippen molar-refractivity contribution in [2.45, 2.75) is 19.6 Å². The Morgan fingerprint density at radius 2 is 1.75 bits per heavy atom. The molecule has 0 aromatic heterocycles. The molecule has 0 fully saturated rings. The Labute approximate surface area is 115 Å². The van der Waals surface area contributed by atoms with Gasteiger partial charge < -0.3 is 20.3 Å². The van der Waals surface area contributed by atoms with Crippen molar-refractivity contribution in [3.05, 3.63) is 35.9 Å². The van der Waals surface area contributed by atoms with Crippen molar-refractivity contribution in [1.82, 2.24) is 5.32 Å². The fraction of sp³-hybridized carbons (Fsp3) is 0.308. The predicted molar refractivity (Wildman–Crippen MR) is 68.0 cm³/mol. The third-order valence-corrected chi connectivity index (χ3v) is 2.64. The molecule has 7 nitrogen and oxygen atoms in total. The maximum atomic E-state index is 11.5. The van der Waals surface area contributed by atoms with Crippen molar-refractivity contribution in [2.24, 2.45) is 5.92 Å². The van der Waals surface area contributed by atoms with Crippen LogP contribution in [0, 0.1) is 5.92 Å².